The van der Waals surface area contributed by atoms with Crippen molar-refractivity contribution in [2.75, 3.05) is 0 Å². The molecule has 0 radical (unpaired) electrons. The molecule has 0 spiro atoms. The molecule has 0 saturated heterocycles. The molecule has 1 aliphatic carbocycles. The van der Waals surface area contributed by atoms with Crippen LogP contribution in [0.3, 0.4) is 0 Å². The molecule has 3 heteroatoms. The summed E-state index contributed by atoms with van der Waals surface area (Å²) in [6, 6.07) is 72.3. The predicted octanol–water partition coefficient (Wildman–Crippen LogP) is 15.9. The minimum Gasteiger partial charge on any atom is -0.309 e. The van der Waals surface area contributed by atoms with Crippen LogP contribution in [-0.2, 0) is 5.41 Å². The fourth-order valence-electron chi connectivity index (χ4n) is 10.5. The molecular formula is C57H38N2S. The van der Waals surface area contributed by atoms with Crippen LogP contribution < -0.4 is 0 Å². The van der Waals surface area contributed by atoms with Crippen molar-refractivity contribution in [2.45, 2.75) is 19.3 Å². The number of aromatic nitrogens is 2. The number of fused-ring (bicyclic) bond motifs is 12. The number of para-hydroxylation sites is 2. The molecule has 2 nitrogen and oxygen atoms in total. The van der Waals surface area contributed by atoms with E-state index in [2.05, 4.69) is 217 Å². The van der Waals surface area contributed by atoms with E-state index in [4.69, 9.17) is 0 Å². The first-order valence-corrected chi connectivity index (χ1v) is 21.7. The van der Waals surface area contributed by atoms with Crippen molar-refractivity contribution in [3.05, 3.63) is 205 Å². The van der Waals surface area contributed by atoms with Gasteiger partial charge in [0.1, 0.15) is 0 Å². The topological polar surface area (TPSA) is 9.86 Å². The van der Waals surface area contributed by atoms with E-state index in [0.717, 1.165) is 5.69 Å². The van der Waals surface area contributed by atoms with Crippen LogP contribution in [0.25, 0.3) is 109 Å². The van der Waals surface area contributed by atoms with Gasteiger partial charge in [0, 0.05) is 58.5 Å². The van der Waals surface area contributed by atoms with Gasteiger partial charge < -0.3 is 9.13 Å². The third-order valence-corrected chi connectivity index (χ3v) is 14.5. The van der Waals surface area contributed by atoms with Gasteiger partial charge in [-0.1, -0.05) is 135 Å². The van der Waals surface area contributed by atoms with E-state index >= 15 is 0 Å². The Kier molecular flexibility index (Phi) is 6.98. The smallest absolute Gasteiger partial charge is 0.0541 e. The summed E-state index contributed by atoms with van der Waals surface area (Å²) >= 11 is 1.87. The van der Waals surface area contributed by atoms with Crippen molar-refractivity contribution in [2.24, 2.45) is 0 Å². The molecule has 13 rings (SSSR count). The normalized spacial score (nSPS) is 13.3. The Labute approximate surface area is 351 Å². The molecule has 0 aliphatic heterocycles. The van der Waals surface area contributed by atoms with Crippen molar-refractivity contribution >= 4 is 75.1 Å². The van der Waals surface area contributed by atoms with Gasteiger partial charge in [0.05, 0.1) is 22.1 Å². The molecule has 1 aliphatic rings. The second-order valence-corrected chi connectivity index (χ2v) is 18.0. The Morgan fingerprint density at radius 3 is 1.58 bits per heavy atom. The van der Waals surface area contributed by atoms with Crippen LogP contribution >= 0.6 is 11.3 Å². The Balaban J connectivity index is 0.918. The molecule has 9 aromatic carbocycles. The third kappa shape index (κ3) is 4.70. The van der Waals surface area contributed by atoms with Crippen LogP contribution in [0.2, 0.25) is 0 Å². The summed E-state index contributed by atoms with van der Waals surface area (Å²) in [6.07, 6.45) is 0. The minimum atomic E-state index is -0.0614. The highest BCUT2D eigenvalue weighted by atomic mass is 32.1. The molecular weight excluding hydrogens is 745 g/mol. The van der Waals surface area contributed by atoms with Gasteiger partial charge in [0.15, 0.2) is 0 Å². The van der Waals surface area contributed by atoms with Crippen LogP contribution in [0.1, 0.15) is 25.0 Å². The maximum absolute atomic E-state index is 2.46. The highest BCUT2D eigenvalue weighted by molar-refractivity contribution is 7.25. The van der Waals surface area contributed by atoms with Crippen molar-refractivity contribution in [1.29, 1.82) is 0 Å². The first-order valence-electron chi connectivity index (χ1n) is 20.8. The molecule has 0 atom stereocenters. The van der Waals surface area contributed by atoms with Crippen LogP contribution in [0.4, 0.5) is 0 Å². The van der Waals surface area contributed by atoms with E-state index in [9.17, 15) is 0 Å². The molecule has 0 fully saturated rings. The van der Waals surface area contributed by atoms with Crippen LogP contribution in [-0.4, -0.2) is 9.13 Å². The van der Waals surface area contributed by atoms with E-state index in [0.29, 0.717) is 0 Å². The summed E-state index contributed by atoms with van der Waals surface area (Å²) < 4.78 is 7.54. The van der Waals surface area contributed by atoms with Crippen molar-refractivity contribution in [3.63, 3.8) is 0 Å². The number of rotatable bonds is 4. The van der Waals surface area contributed by atoms with Gasteiger partial charge in [-0.2, -0.15) is 0 Å². The van der Waals surface area contributed by atoms with Crippen molar-refractivity contribution in [1.82, 2.24) is 9.13 Å². The largest absolute Gasteiger partial charge is 0.309 e. The van der Waals surface area contributed by atoms with E-state index in [-0.39, 0.29) is 5.41 Å². The molecule has 0 saturated carbocycles. The summed E-state index contributed by atoms with van der Waals surface area (Å²) in [6.45, 7) is 4.72. The Hall–Kier alpha value is -7.20. The fourth-order valence-corrected chi connectivity index (χ4v) is 11.6. The summed E-state index contributed by atoms with van der Waals surface area (Å²) in [5.41, 5.74) is 17.6. The van der Waals surface area contributed by atoms with Gasteiger partial charge in [0.2, 0.25) is 0 Å². The molecule has 0 amide bonds. The lowest BCUT2D eigenvalue weighted by atomic mass is 9.82. The van der Waals surface area contributed by atoms with Gasteiger partial charge in [-0.25, -0.2) is 0 Å². The highest BCUT2D eigenvalue weighted by Crippen LogP contribution is 2.50. The Bertz CT molecular complexity index is 3740. The predicted molar refractivity (Wildman–Crippen MR) is 256 cm³/mol. The number of thiophene rings is 1. The molecule has 12 aromatic rings. The summed E-state index contributed by atoms with van der Waals surface area (Å²) in [7, 11) is 0. The quantitative estimate of drug-likeness (QED) is 0.168. The van der Waals surface area contributed by atoms with E-state index < -0.39 is 0 Å². The lowest BCUT2D eigenvalue weighted by Crippen LogP contribution is -2.15. The lowest BCUT2D eigenvalue weighted by molar-refractivity contribution is 0.660. The van der Waals surface area contributed by atoms with Crippen LogP contribution in [0, 0.1) is 0 Å². The zero-order chi connectivity index (χ0) is 39.7. The van der Waals surface area contributed by atoms with E-state index in [1.165, 1.54) is 114 Å². The maximum Gasteiger partial charge on any atom is 0.0541 e. The molecule has 0 bridgehead atoms. The summed E-state index contributed by atoms with van der Waals surface area (Å²) in [5.74, 6) is 0. The number of hydrogen-bond donors (Lipinski definition) is 0. The van der Waals surface area contributed by atoms with Crippen molar-refractivity contribution < 1.29 is 0 Å². The Morgan fingerprint density at radius 1 is 0.350 bits per heavy atom. The monoisotopic (exact) mass is 782 g/mol. The minimum absolute atomic E-state index is 0.0614. The van der Waals surface area contributed by atoms with Gasteiger partial charge in [-0.15, -0.1) is 11.3 Å². The van der Waals surface area contributed by atoms with Gasteiger partial charge >= 0.3 is 0 Å². The number of hydrogen-bond acceptors (Lipinski definition) is 1. The average molecular weight is 783 g/mol. The number of benzene rings is 9. The number of nitrogens with zero attached hydrogens (tertiary/aromatic N) is 2. The SMILES string of the molecule is CC1(C)c2ccccc2-c2ccc(-n3c4ccccc4c4cc(-c5ccc6c(c5)c5ccccc5n6-c5ccc(-c6cccc7sc8ccccc8c67)cc5)ccc43)cc21. The second-order valence-electron chi connectivity index (χ2n) is 16.9. The lowest BCUT2D eigenvalue weighted by Gasteiger charge is -2.22. The van der Waals surface area contributed by atoms with E-state index in [1.54, 1.807) is 0 Å². The third-order valence-electron chi connectivity index (χ3n) is 13.3. The van der Waals surface area contributed by atoms with Gasteiger partial charge in [0.25, 0.3) is 0 Å². The zero-order valence-corrected chi connectivity index (χ0v) is 34.1. The van der Waals surface area contributed by atoms with E-state index in [1.807, 2.05) is 11.3 Å². The molecule has 60 heavy (non-hydrogen) atoms. The summed E-state index contributed by atoms with van der Waals surface area (Å²) in [5, 5.41) is 7.71. The standard InChI is InChI=1S/C57H38N2S/c1-57(2)48-17-7-3-12-41(48)42-29-28-39(34-49(42)57)59-51-19-9-5-14-44(51)47-33-37(25-31-53(47)59)36-24-30-52-46(32-36)43-13-4-8-18-50(43)58(52)38-26-22-35(23-27-38)40-16-11-21-55-56(40)45-15-6-10-20-54(45)60-55/h3-34H,1-2H3. The zero-order valence-electron chi connectivity index (χ0n) is 33.3. The molecule has 3 aromatic heterocycles. The Morgan fingerprint density at radius 2 is 0.867 bits per heavy atom. The first kappa shape index (κ1) is 33.7. The van der Waals surface area contributed by atoms with Crippen LogP contribution in [0.5, 0.6) is 0 Å². The fraction of sp³-hybridized carbons (Fsp3) is 0.0526. The highest BCUT2D eigenvalue weighted by Gasteiger charge is 2.35. The van der Waals surface area contributed by atoms with Crippen molar-refractivity contribution in [3.8, 4) is 44.8 Å². The maximum atomic E-state index is 2.46. The molecule has 0 unspecified atom stereocenters. The van der Waals surface area contributed by atoms with Crippen LogP contribution in [0.15, 0.2) is 194 Å². The first-order chi connectivity index (χ1) is 29.5. The molecule has 3 heterocycles. The summed E-state index contributed by atoms with van der Waals surface area (Å²) in [4.78, 5) is 0. The van der Waals surface area contributed by atoms with Gasteiger partial charge in [-0.05, 0) is 117 Å². The average Bonchev–Trinajstić information content (AvgIpc) is 4.01. The second kappa shape index (κ2) is 12.4. The molecule has 0 N–H and O–H groups in total. The molecule has 282 valence electrons. The van der Waals surface area contributed by atoms with Gasteiger partial charge in [-0.3, -0.25) is 0 Å².